The van der Waals surface area contributed by atoms with Crippen LogP contribution >= 0.6 is 11.3 Å². The fourth-order valence-electron chi connectivity index (χ4n) is 2.82. The Kier molecular flexibility index (Phi) is 4.88. The van der Waals surface area contributed by atoms with Crippen LogP contribution in [-0.4, -0.2) is 21.8 Å². The molecule has 4 rings (SSSR count). The van der Waals surface area contributed by atoms with E-state index in [0.717, 1.165) is 22.6 Å². The highest BCUT2D eigenvalue weighted by Gasteiger charge is 2.18. The average molecular weight is 405 g/mol. The maximum atomic E-state index is 12.0. The van der Waals surface area contributed by atoms with Crippen molar-refractivity contribution >= 4 is 46.5 Å². The largest absolute Gasteiger partial charge is 0.341 e. The molecule has 0 spiro atoms. The first-order valence-corrected chi connectivity index (χ1v) is 9.46. The smallest absolute Gasteiger partial charge is 0.306 e. The molecule has 8 nitrogen and oxygen atoms in total. The van der Waals surface area contributed by atoms with Gasteiger partial charge in [-0.1, -0.05) is 41.2 Å². The van der Waals surface area contributed by atoms with E-state index < -0.39 is 4.92 Å². The van der Waals surface area contributed by atoms with Crippen molar-refractivity contribution in [3.05, 3.63) is 89.9 Å². The monoisotopic (exact) mass is 405 g/mol. The van der Waals surface area contributed by atoms with E-state index in [1.807, 2.05) is 31.2 Å². The number of rotatable bonds is 5. The highest BCUT2D eigenvalue weighted by Crippen LogP contribution is 2.26. The van der Waals surface area contributed by atoms with Gasteiger partial charge in [0.25, 0.3) is 5.69 Å². The summed E-state index contributed by atoms with van der Waals surface area (Å²) in [6.45, 7) is 2.00. The Morgan fingerprint density at radius 1 is 1.21 bits per heavy atom. The quantitative estimate of drug-likeness (QED) is 0.487. The predicted molar refractivity (Wildman–Crippen MR) is 116 cm³/mol. The number of nitrogens with one attached hydrogen (secondary N) is 2. The van der Waals surface area contributed by atoms with E-state index >= 15 is 0 Å². The van der Waals surface area contributed by atoms with Crippen LogP contribution in [0.15, 0.2) is 69.1 Å². The highest BCUT2D eigenvalue weighted by molar-refractivity contribution is 7.10. The number of thiazole rings is 1. The number of nitro benzene ring substituents is 1. The second kappa shape index (κ2) is 7.64. The molecule has 3 aromatic rings. The molecule has 2 heterocycles. The fourth-order valence-corrected chi connectivity index (χ4v) is 3.56. The van der Waals surface area contributed by atoms with E-state index in [0.29, 0.717) is 27.5 Å². The molecule has 0 atom stereocenters. The zero-order chi connectivity index (χ0) is 20.4. The van der Waals surface area contributed by atoms with E-state index in [-0.39, 0.29) is 10.6 Å². The van der Waals surface area contributed by atoms with Gasteiger partial charge < -0.3 is 5.32 Å². The van der Waals surface area contributed by atoms with Gasteiger partial charge in [-0.3, -0.25) is 19.9 Å². The number of aromatic amines is 1. The van der Waals surface area contributed by atoms with Crippen LogP contribution in [0.2, 0.25) is 0 Å². The Morgan fingerprint density at radius 2 is 2.00 bits per heavy atom. The molecule has 0 radical (unpaired) electrons. The summed E-state index contributed by atoms with van der Waals surface area (Å²) >= 11 is 1.05. The van der Waals surface area contributed by atoms with E-state index in [1.54, 1.807) is 24.4 Å². The first kappa shape index (κ1) is 18.5. The molecule has 9 heteroatoms. The maximum Gasteiger partial charge on any atom is 0.306 e. The minimum Gasteiger partial charge on any atom is -0.341 e. The van der Waals surface area contributed by atoms with Crippen molar-refractivity contribution in [1.29, 1.82) is 0 Å². The van der Waals surface area contributed by atoms with Gasteiger partial charge >= 0.3 is 4.87 Å². The third-order valence-electron chi connectivity index (χ3n) is 4.24. The van der Waals surface area contributed by atoms with E-state index in [9.17, 15) is 14.9 Å². The Bertz CT molecular complexity index is 1240. The van der Waals surface area contributed by atoms with Crippen LogP contribution in [0.3, 0.4) is 0 Å². The lowest BCUT2D eigenvalue weighted by Gasteiger charge is -2.06. The van der Waals surface area contributed by atoms with Crippen molar-refractivity contribution in [1.82, 2.24) is 4.98 Å². The van der Waals surface area contributed by atoms with Crippen LogP contribution in [0.5, 0.6) is 0 Å². The molecule has 0 amide bonds. The Balaban J connectivity index is 1.67. The van der Waals surface area contributed by atoms with Crippen molar-refractivity contribution < 1.29 is 4.92 Å². The minimum absolute atomic E-state index is 0.0236. The summed E-state index contributed by atoms with van der Waals surface area (Å²) < 4.78 is 0. The first-order valence-electron chi connectivity index (χ1n) is 8.64. The van der Waals surface area contributed by atoms with Gasteiger partial charge in [-0.25, -0.2) is 0 Å². The van der Waals surface area contributed by atoms with Crippen molar-refractivity contribution in [2.75, 3.05) is 5.32 Å². The lowest BCUT2D eigenvalue weighted by Crippen LogP contribution is -2.03. The van der Waals surface area contributed by atoms with Crippen molar-refractivity contribution in [2.24, 2.45) is 10.2 Å². The molecule has 0 unspecified atom stereocenters. The number of aryl methyl sites for hydroxylation is 1. The van der Waals surface area contributed by atoms with Crippen LogP contribution < -0.4 is 10.2 Å². The third-order valence-corrected chi connectivity index (χ3v) is 5.07. The molecular weight excluding hydrogens is 390 g/mol. The number of nitrogens with zero attached hydrogens (tertiary/aromatic N) is 3. The topological polar surface area (TPSA) is 113 Å². The second-order valence-electron chi connectivity index (χ2n) is 6.35. The molecule has 0 aliphatic carbocycles. The van der Waals surface area contributed by atoms with Crippen LogP contribution in [0.4, 0.5) is 17.2 Å². The summed E-state index contributed by atoms with van der Waals surface area (Å²) in [4.78, 5) is 25.8. The summed E-state index contributed by atoms with van der Waals surface area (Å²) in [5, 5.41) is 22.3. The molecule has 0 bridgehead atoms. The van der Waals surface area contributed by atoms with Crippen molar-refractivity contribution in [3.63, 3.8) is 0 Å². The summed E-state index contributed by atoms with van der Waals surface area (Å²) in [6, 6.07) is 14.0. The number of hydrogen-bond acceptors (Lipinski definition) is 7. The average Bonchev–Trinajstić information content (AvgIpc) is 3.30. The number of aromatic nitrogens is 1. The molecule has 0 saturated carbocycles. The minimum atomic E-state index is -0.454. The van der Waals surface area contributed by atoms with E-state index in [1.165, 1.54) is 12.1 Å². The van der Waals surface area contributed by atoms with Gasteiger partial charge in [-0.05, 0) is 25.1 Å². The van der Waals surface area contributed by atoms with Crippen LogP contribution in [0.1, 0.15) is 16.0 Å². The van der Waals surface area contributed by atoms with Gasteiger partial charge in [0.1, 0.15) is 11.5 Å². The van der Waals surface area contributed by atoms with E-state index in [4.69, 9.17) is 0 Å². The Labute approximate surface area is 169 Å². The molecule has 1 aliphatic heterocycles. The second-order valence-corrected chi connectivity index (χ2v) is 7.36. The number of benzene rings is 2. The number of non-ortho nitro benzene ring substituents is 1. The van der Waals surface area contributed by atoms with Crippen molar-refractivity contribution in [2.45, 2.75) is 6.92 Å². The SMILES string of the molecule is Cc1ccc(Nc2[nH]c(=O)sc2C=C2C=NN=C2c2cccc([N+](=O)[O-])c2)cc1. The van der Waals surface area contributed by atoms with Gasteiger partial charge in [-0.15, -0.1) is 5.10 Å². The molecule has 1 aliphatic rings. The normalized spacial score (nSPS) is 14.2. The van der Waals surface area contributed by atoms with Gasteiger partial charge in [0.2, 0.25) is 0 Å². The molecular formula is C20H15N5O3S. The molecule has 2 N–H and O–H groups in total. The fraction of sp³-hybridized carbons (Fsp3) is 0.0500. The van der Waals surface area contributed by atoms with Crippen LogP contribution in [-0.2, 0) is 0 Å². The van der Waals surface area contributed by atoms with Gasteiger partial charge in [0, 0.05) is 29.0 Å². The van der Waals surface area contributed by atoms with Gasteiger partial charge in [0.15, 0.2) is 0 Å². The number of nitro groups is 1. The molecule has 29 heavy (non-hydrogen) atoms. The number of hydrogen-bond donors (Lipinski definition) is 2. The molecule has 2 aromatic carbocycles. The summed E-state index contributed by atoms with van der Waals surface area (Å²) in [5.41, 5.74) is 3.71. The summed E-state index contributed by atoms with van der Waals surface area (Å²) in [5.74, 6) is 0.565. The molecule has 1 aromatic heterocycles. The first-order chi connectivity index (χ1) is 14.0. The maximum absolute atomic E-state index is 12.0. The van der Waals surface area contributed by atoms with Crippen LogP contribution in [0, 0.1) is 17.0 Å². The number of allylic oxidation sites excluding steroid dienone is 1. The van der Waals surface area contributed by atoms with Crippen LogP contribution in [0.25, 0.3) is 6.08 Å². The molecule has 144 valence electrons. The predicted octanol–water partition coefficient (Wildman–Crippen LogP) is 4.27. The van der Waals surface area contributed by atoms with Gasteiger partial charge in [0.05, 0.1) is 16.0 Å². The molecule has 0 fully saturated rings. The zero-order valence-corrected chi connectivity index (χ0v) is 16.1. The van der Waals surface area contributed by atoms with E-state index in [2.05, 4.69) is 20.5 Å². The van der Waals surface area contributed by atoms with Gasteiger partial charge in [-0.2, -0.15) is 5.10 Å². The number of anilines is 2. The molecule has 0 saturated heterocycles. The van der Waals surface area contributed by atoms with Crippen molar-refractivity contribution in [3.8, 4) is 0 Å². The third kappa shape index (κ3) is 4.04. The summed E-state index contributed by atoms with van der Waals surface area (Å²) in [7, 11) is 0. The zero-order valence-electron chi connectivity index (χ0n) is 15.2. The lowest BCUT2D eigenvalue weighted by atomic mass is 10.0. The summed E-state index contributed by atoms with van der Waals surface area (Å²) in [6.07, 6.45) is 3.35. The Morgan fingerprint density at radius 3 is 2.76 bits per heavy atom. The standard InChI is InChI=1S/C20H15N5O3S/c1-12-5-7-15(8-6-12)22-19-17(29-20(26)23-19)10-14-11-21-24-18(14)13-3-2-4-16(9-13)25(27)28/h2-11,22H,1H3,(H,23,26). The number of H-pyrrole nitrogens is 1. The lowest BCUT2D eigenvalue weighted by molar-refractivity contribution is -0.384. The highest BCUT2D eigenvalue weighted by atomic mass is 32.1. The Hall–Kier alpha value is -3.85.